The molecule has 2 rings (SSSR count). The van der Waals surface area contributed by atoms with Crippen molar-refractivity contribution in [2.24, 2.45) is 0 Å². The summed E-state index contributed by atoms with van der Waals surface area (Å²) < 4.78 is 0. The molecule has 0 bridgehead atoms. The van der Waals surface area contributed by atoms with Crippen LogP contribution in [-0.4, -0.2) is 17.3 Å². The summed E-state index contributed by atoms with van der Waals surface area (Å²) in [6.07, 6.45) is 2.71. The quantitative estimate of drug-likeness (QED) is 0.797. The van der Waals surface area contributed by atoms with Gasteiger partial charge in [0.05, 0.1) is 6.61 Å². The summed E-state index contributed by atoms with van der Waals surface area (Å²) in [6.45, 7) is 4.99. The van der Waals surface area contributed by atoms with Crippen LogP contribution in [-0.2, 0) is 6.54 Å². The largest absolute Gasteiger partial charge is 0.394 e. The van der Waals surface area contributed by atoms with Crippen molar-refractivity contribution in [1.82, 2.24) is 5.32 Å². The van der Waals surface area contributed by atoms with Gasteiger partial charge in [0.1, 0.15) is 0 Å². The van der Waals surface area contributed by atoms with Crippen LogP contribution in [0.4, 0.5) is 0 Å². The minimum absolute atomic E-state index is 0.160. The molecule has 1 aromatic carbocycles. The molecule has 1 aliphatic rings. The number of hydrogen-bond acceptors (Lipinski definition) is 2. The highest BCUT2D eigenvalue weighted by atomic mass is 16.3. The molecule has 0 unspecified atom stereocenters. The van der Waals surface area contributed by atoms with E-state index in [-0.39, 0.29) is 12.1 Å². The Balaban J connectivity index is 1.89. The van der Waals surface area contributed by atoms with Crippen molar-refractivity contribution in [1.29, 1.82) is 0 Å². The molecule has 2 heteroatoms. The lowest BCUT2D eigenvalue weighted by atomic mass is 10.1. The van der Waals surface area contributed by atoms with Crippen LogP contribution in [0.15, 0.2) is 24.3 Å². The van der Waals surface area contributed by atoms with Gasteiger partial charge in [-0.3, -0.25) is 0 Å². The Bertz CT molecular complexity index is 338. The molecule has 88 valence electrons. The van der Waals surface area contributed by atoms with Gasteiger partial charge >= 0.3 is 0 Å². The summed E-state index contributed by atoms with van der Waals surface area (Å²) in [5.41, 5.74) is 2.56. The predicted octanol–water partition coefficient (Wildman–Crippen LogP) is 2.42. The first-order valence-electron chi connectivity index (χ1n) is 6.05. The fourth-order valence-corrected chi connectivity index (χ4v) is 1.72. The van der Waals surface area contributed by atoms with Crippen LogP contribution >= 0.6 is 0 Å². The van der Waals surface area contributed by atoms with Gasteiger partial charge in [0.2, 0.25) is 0 Å². The van der Waals surface area contributed by atoms with Gasteiger partial charge < -0.3 is 10.4 Å². The average molecular weight is 219 g/mol. The maximum Gasteiger partial charge on any atom is 0.0607 e. The van der Waals surface area contributed by atoms with Gasteiger partial charge in [-0.15, -0.1) is 0 Å². The van der Waals surface area contributed by atoms with E-state index in [1.807, 2.05) is 13.8 Å². The van der Waals surface area contributed by atoms with Crippen molar-refractivity contribution in [2.75, 3.05) is 6.61 Å². The standard InChI is InChI=1S/C14H21NO/c1-14(2,10-16)15-9-11-3-5-12(6-4-11)13-7-8-13/h3-6,13,15-16H,7-10H2,1-2H3. The summed E-state index contributed by atoms with van der Waals surface area (Å²) in [5.74, 6) is 0.830. The minimum atomic E-state index is -0.199. The van der Waals surface area contributed by atoms with E-state index in [0.717, 1.165) is 12.5 Å². The van der Waals surface area contributed by atoms with Crippen molar-refractivity contribution < 1.29 is 5.11 Å². The lowest BCUT2D eigenvalue weighted by Crippen LogP contribution is -2.42. The predicted molar refractivity (Wildman–Crippen MR) is 66.4 cm³/mol. The first-order valence-corrected chi connectivity index (χ1v) is 6.05. The fourth-order valence-electron chi connectivity index (χ4n) is 1.72. The van der Waals surface area contributed by atoms with Crippen LogP contribution < -0.4 is 5.32 Å². The van der Waals surface area contributed by atoms with E-state index >= 15 is 0 Å². The summed E-state index contributed by atoms with van der Waals surface area (Å²) in [7, 11) is 0. The number of aliphatic hydroxyl groups is 1. The van der Waals surface area contributed by atoms with Crippen LogP contribution in [0.3, 0.4) is 0 Å². The van der Waals surface area contributed by atoms with E-state index in [0.29, 0.717) is 0 Å². The van der Waals surface area contributed by atoms with Crippen molar-refractivity contribution in [3.05, 3.63) is 35.4 Å². The number of hydrogen-bond donors (Lipinski definition) is 2. The molecule has 2 N–H and O–H groups in total. The molecular weight excluding hydrogens is 198 g/mol. The van der Waals surface area contributed by atoms with Gasteiger partial charge in [-0.05, 0) is 43.7 Å². The number of rotatable bonds is 5. The van der Waals surface area contributed by atoms with Gasteiger partial charge in [-0.2, -0.15) is 0 Å². The zero-order valence-electron chi connectivity index (χ0n) is 10.2. The Labute approximate surface area is 97.7 Å². The topological polar surface area (TPSA) is 32.3 Å². The SMILES string of the molecule is CC(C)(CO)NCc1ccc(C2CC2)cc1. The van der Waals surface area contributed by atoms with Crippen LogP contribution in [0.25, 0.3) is 0 Å². The lowest BCUT2D eigenvalue weighted by molar-refractivity contribution is 0.187. The van der Waals surface area contributed by atoms with Gasteiger partial charge in [0.25, 0.3) is 0 Å². The Hall–Kier alpha value is -0.860. The molecule has 16 heavy (non-hydrogen) atoms. The maximum atomic E-state index is 9.13. The van der Waals surface area contributed by atoms with Gasteiger partial charge in [-0.25, -0.2) is 0 Å². The third kappa shape index (κ3) is 3.06. The van der Waals surface area contributed by atoms with Crippen molar-refractivity contribution in [2.45, 2.75) is 44.7 Å². The van der Waals surface area contributed by atoms with E-state index < -0.39 is 0 Å². The Morgan fingerprint density at radius 2 is 1.88 bits per heavy atom. The van der Waals surface area contributed by atoms with Crippen LogP contribution in [0.2, 0.25) is 0 Å². The van der Waals surface area contributed by atoms with E-state index in [2.05, 4.69) is 29.6 Å². The second-order valence-corrected chi connectivity index (χ2v) is 5.41. The zero-order valence-corrected chi connectivity index (χ0v) is 10.2. The molecule has 1 aliphatic carbocycles. The van der Waals surface area contributed by atoms with E-state index in [1.165, 1.54) is 24.0 Å². The monoisotopic (exact) mass is 219 g/mol. The molecule has 2 nitrogen and oxygen atoms in total. The molecule has 0 saturated heterocycles. The second-order valence-electron chi connectivity index (χ2n) is 5.41. The highest BCUT2D eigenvalue weighted by molar-refractivity contribution is 5.28. The van der Waals surface area contributed by atoms with Crippen molar-refractivity contribution >= 4 is 0 Å². The van der Waals surface area contributed by atoms with Gasteiger partial charge in [-0.1, -0.05) is 24.3 Å². The molecular formula is C14H21NO. The Morgan fingerprint density at radius 3 is 2.38 bits per heavy atom. The Morgan fingerprint density at radius 1 is 1.25 bits per heavy atom. The number of nitrogens with one attached hydrogen (secondary N) is 1. The third-order valence-corrected chi connectivity index (χ3v) is 3.19. The molecule has 0 aromatic heterocycles. The normalized spacial score (nSPS) is 16.4. The summed E-state index contributed by atoms with van der Waals surface area (Å²) in [4.78, 5) is 0. The molecule has 1 aromatic rings. The van der Waals surface area contributed by atoms with Crippen molar-refractivity contribution in [3.8, 4) is 0 Å². The molecule has 1 saturated carbocycles. The summed E-state index contributed by atoms with van der Waals surface area (Å²) in [6, 6.07) is 8.85. The van der Waals surface area contributed by atoms with E-state index in [9.17, 15) is 0 Å². The maximum absolute atomic E-state index is 9.13. The van der Waals surface area contributed by atoms with E-state index in [1.54, 1.807) is 0 Å². The smallest absolute Gasteiger partial charge is 0.0607 e. The van der Waals surface area contributed by atoms with Gasteiger partial charge in [0, 0.05) is 12.1 Å². The fraction of sp³-hybridized carbons (Fsp3) is 0.571. The van der Waals surface area contributed by atoms with Crippen molar-refractivity contribution in [3.63, 3.8) is 0 Å². The van der Waals surface area contributed by atoms with Crippen LogP contribution in [0, 0.1) is 0 Å². The second kappa shape index (κ2) is 4.56. The molecule has 0 amide bonds. The number of aliphatic hydroxyl groups excluding tert-OH is 1. The lowest BCUT2D eigenvalue weighted by Gasteiger charge is -2.23. The van der Waals surface area contributed by atoms with Crippen LogP contribution in [0.5, 0.6) is 0 Å². The molecule has 1 fully saturated rings. The molecule has 0 heterocycles. The molecule has 0 aliphatic heterocycles. The highest BCUT2D eigenvalue weighted by Gasteiger charge is 2.23. The number of benzene rings is 1. The zero-order chi connectivity index (χ0) is 11.6. The van der Waals surface area contributed by atoms with Gasteiger partial charge in [0.15, 0.2) is 0 Å². The molecule has 0 spiro atoms. The minimum Gasteiger partial charge on any atom is -0.394 e. The average Bonchev–Trinajstić information content (AvgIpc) is 3.11. The molecule has 0 radical (unpaired) electrons. The third-order valence-electron chi connectivity index (χ3n) is 3.19. The summed E-state index contributed by atoms with van der Waals surface area (Å²) in [5, 5.41) is 12.5. The van der Waals surface area contributed by atoms with Crippen LogP contribution in [0.1, 0.15) is 43.7 Å². The molecule has 0 atom stereocenters. The first-order chi connectivity index (χ1) is 7.61. The highest BCUT2D eigenvalue weighted by Crippen LogP contribution is 2.39. The Kier molecular flexibility index (Phi) is 3.31. The first kappa shape index (κ1) is 11.6. The summed E-state index contributed by atoms with van der Waals surface area (Å²) >= 11 is 0. The van der Waals surface area contributed by atoms with E-state index in [4.69, 9.17) is 5.11 Å².